The second-order valence-electron chi connectivity index (χ2n) is 5.64. The fourth-order valence-electron chi connectivity index (χ4n) is 3.78. The normalized spacial score (nSPS) is 56.4. The van der Waals surface area contributed by atoms with Crippen LogP contribution in [0.15, 0.2) is 0 Å². The average molecular weight is 180 g/mol. The Bertz CT molecular complexity index is 253. The topological polar surface area (TPSA) is 18.5 Å². The van der Waals surface area contributed by atoms with Crippen molar-refractivity contribution in [2.45, 2.75) is 45.3 Å². The fraction of sp³-hybridized carbons (Fsp3) is 1.00. The number of rotatable bonds is 0. The first-order chi connectivity index (χ1) is 6.05. The predicted molar refractivity (Wildman–Crippen MR) is 51.5 cm³/mol. The molecule has 4 rings (SSSR count). The fourth-order valence-corrected chi connectivity index (χ4v) is 3.78. The van der Waals surface area contributed by atoms with Crippen LogP contribution < -0.4 is 0 Å². The minimum Gasteiger partial charge on any atom is -0.408 e. The molecular weight excluding hydrogens is 163 g/mol. The SMILES string of the molecule is CC1(C)[C@@H]2C[C@H]3OBO[C@@]3(C)[C@H]1C2. The van der Waals surface area contributed by atoms with E-state index in [-0.39, 0.29) is 5.60 Å². The zero-order chi connectivity index (χ0) is 9.27. The third-order valence-electron chi connectivity index (χ3n) is 4.94. The van der Waals surface area contributed by atoms with Crippen molar-refractivity contribution in [2.24, 2.45) is 17.3 Å². The van der Waals surface area contributed by atoms with E-state index in [1.807, 2.05) is 0 Å². The highest BCUT2D eigenvalue weighted by Crippen LogP contribution is 2.65. The first kappa shape index (κ1) is 8.31. The highest BCUT2D eigenvalue weighted by molar-refractivity contribution is 6.19. The summed E-state index contributed by atoms with van der Waals surface area (Å²) in [6, 6.07) is 0. The quantitative estimate of drug-likeness (QED) is 0.526. The van der Waals surface area contributed by atoms with E-state index in [0.29, 0.717) is 25.1 Å². The Balaban J connectivity index is 1.97. The molecule has 0 spiro atoms. The molecule has 13 heavy (non-hydrogen) atoms. The lowest BCUT2D eigenvalue weighted by Gasteiger charge is -2.64. The van der Waals surface area contributed by atoms with Gasteiger partial charge in [0.2, 0.25) is 0 Å². The molecule has 2 nitrogen and oxygen atoms in total. The zero-order valence-electron chi connectivity index (χ0n) is 8.67. The van der Waals surface area contributed by atoms with Gasteiger partial charge >= 0.3 is 7.69 Å². The standard InChI is InChI=1S/C10H17BO2/c1-9(2)6-4-7(9)10(3)8(5-6)12-11-13-10/h6-8,11H,4-5H2,1-3H3/t6-,7-,8+,10-/m0/s1. The van der Waals surface area contributed by atoms with Crippen LogP contribution in [0.25, 0.3) is 0 Å². The van der Waals surface area contributed by atoms with Crippen molar-refractivity contribution in [3.63, 3.8) is 0 Å². The maximum atomic E-state index is 5.81. The molecule has 0 aromatic heterocycles. The Hall–Kier alpha value is -0.0151. The van der Waals surface area contributed by atoms with E-state index in [2.05, 4.69) is 20.8 Å². The molecule has 3 aliphatic carbocycles. The van der Waals surface area contributed by atoms with Gasteiger partial charge in [-0.1, -0.05) is 13.8 Å². The lowest BCUT2D eigenvalue weighted by atomic mass is 9.43. The summed E-state index contributed by atoms with van der Waals surface area (Å²) in [5.41, 5.74) is 0.511. The van der Waals surface area contributed by atoms with E-state index < -0.39 is 0 Å². The minimum absolute atomic E-state index is 0.0260. The molecule has 0 radical (unpaired) electrons. The third-order valence-corrected chi connectivity index (χ3v) is 4.94. The molecule has 4 aliphatic rings. The summed E-state index contributed by atoms with van der Waals surface area (Å²) in [6.45, 7) is 7.01. The summed E-state index contributed by atoms with van der Waals surface area (Å²) < 4.78 is 11.4. The van der Waals surface area contributed by atoms with Crippen molar-refractivity contribution in [2.75, 3.05) is 0 Å². The summed E-state index contributed by atoms with van der Waals surface area (Å²) in [4.78, 5) is 0. The van der Waals surface area contributed by atoms with Gasteiger partial charge in [-0.3, -0.25) is 0 Å². The third kappa shape index (κ3) is 0.786. The Labute approximate surface area is 80.3 Å². The summed E-state index contributed by atoms with van der Waals surface area (Å²) in [7, 11) is 0.514. The van der Waals surface area contributed by atoms with Gasteiger partial charge in [-0.2, -0.15) is 0 Å². The van der Waals surface area contributed by atoms with Gasteiger partial charge in [0.05, 0.1) is 11.7 Å². The zero-order valence-corrected chi connectivity index (χ0v) is 8.67. The van der Waals surface area contributed by atoms with Crippen LogP contribution in [0.4, 0.5) is 0 Å². The van der Waals surface area contributed by atoms with E-state index in [1.54, 1.807) is 0 Å². The minimum atomic E-state index is 0.0260. The number of hydrogen-bond acceptors (Lipinski definition) is 2. The van der Waals surface area contributed by atoms with Crippen LogP contribution >= 0.6 is 0 Å². The van der Waals surface area contributed by atoms with E-state index in [0.717, 1.165) is 5.92 Å². The molecule has 0 aromatic rings. The number of hydrogen-bond donors (Lipinski definition) is 0. The Morgan fingerprint density at radius 1 is 1.23 bits per heavy atom. The molecular formula is C10H17BO2. The van der Waals surface area contributed by atoms with Gasteiger partial charge in [-0.15, -0.1) is 0 Å². The Kier molecular flexibility index (Phi) is 1.37. The molecule has 0 unspecified atom stereocenters. The van der Waals surface area contributed by atoms with E-state index in [9.17, 15) is 0 Å². The molecule has 1 heterocycles. The van der Waals surface area contributed by atoms with Crippen LogP contribution in [0.1, 0.15) is 33.6 Å². The van der Waals surface area contributed by atoms with Crippen LogP contribution in [0.2, 0.25) is 0 Å². The molecule has 0 N–H and O–H groups in total. The van der Waals surface area contributed by atoms with Gasteiger partial charge in [0, 0.05) is 0 Å². The smallest absolute Gasteiger partial charge is 0.408 e. The molecule has 3 heteroatoms. The Morgan fingerprint density at radius 3 is 2.69 bits per heavy atom. The molecule has 3 saturated carbocycles. The molecule has 0 amide bonds. The van der Waals surface area contributed by atoms with Gasteiger partial charge in [-0.25, -0.2) is 0 Å². The van der Waals surface area contributed by atoms with Crippen molar-refractivity contribution >= 4 is 7.69 Å². The van der Waals surface area contributed by atoms with E-state index >= 15 is 0 Å². The van der Waals surface area contributed by atoms with E-state index in [1.165, 1.54) is 12.8 Å². The van der Waals surface area contributed by atoms with Crippen molar-refractivity contribution in [3.05, 3.63) is 0 Å². The second kappa shape index (κ2) is 2.14. The lowest BCUT2D eigenvalue weighted by molar-refractivity contribution is -0.199. The Morgan fingerprint density at radius 2 is 2.00 bits per heavy atom. The molecule has 0 aromatic carbocycles. The largest absolute Gasteiger partial charge is 0.438 e. The maximum absolute atomic E-state index is 5.81. The lowest BCUT2D eigenvalue weighted by Crippen LogP contribution is -2.65. The molecule has 4 atom stereocenters. The molecule has 1 saturated heterocycles. The summed E-state index contributed by atoms with van der Waals surface area (Å²) in [5.74, 6) is 1.59. The summed E-state index contributed by atoms with van der Waals surface area (Å²) >= 11 is 0. The van der Waals surface area contributed by atoms with Crippen LogP contribution in [0.5, 0.6) is 0 Å². The average Bonchev–Trinajstić information content (AvgIpc) is 2.44. The highest BCUT2D eigenvalue weighted by Gasteiger charge is 2.65. The first-order valence-corrected chi connectivity index (χ1v) is 5.30. The van der Waals surface area contributed by atoms with Crippen LogP contribution in [0, 0.1) is 17.3 Å². The molecule has 2 bridgehead atoms. The van der Waals surface area contributed by atoms with Crippen molar-refractivity contribution in [3.8, 4) is 0 Å². The van der Waals surface area contributed by atoms with Gasteiger partial charge in [-0.05, 0) is 37.0 Å². The maximum Gasteiger partial charge on any atom is 0.438 e. The first-order valence-electron chi connectivity index (χ1n) is 5.30. The van der Waals surface area contributed by atoms with Crippen LogP contribution in [-0.2, 0) is 9.31 Å². The molecule has 72 valence electrons. The molecule has 1 aliphatic heterocycles. The monoisotopic (exact) mass is 180 g/mol. The van der Waals surface area contributed by atoms with E-state index in [4.69, 9.17) is 9.31 Å². The predicted octanol–water partition coefficient (Wildman–Crippen LogP) is 1.49. The van der Waals surface area contributed by atoms with Gasteiger partial charge in [0.1, 0.15) is 0 Å². The molecule has 4 fully saturated rings. The van der Waals surface area contributed by atoms with Gasteiger partial charge < -0.3 is 9.31 Å². The summed E-state index contributed by atoms with van der Waals surface area (Å²) in [6.07, 6.45) is 2.94. The van der Waals surface area contributed by atoms with Gasteiger partial charge in [0.15, 0.2) is 0 Å². The summed E-state index contributed by atoms with van der Waals surface area (Å²) in [5, 5.41) is 0. The van der Waals surface area contributed by atoms with Gasteiger partial charge in [0.25, 0.3) is 0 Å². The van der Waals surface area contributed by atoms with Crippen molar-refractivity contribution in [1.29, 1.82) is 0 Å². The van der Waals surface area contributed by atoms with Crippen molar-refractivity contribution in [1.82, 2.24) is 0 Å². The van der Waals surface area contributed by atoms with Crippen LogP contribution in [-0.4, -0.2) is 19.4 Å². The van der Waals surface area contributed by atoms with Crippen LogP contribution in [0.3, 0.4) is 0 Å². The highest BCUT2D eigenvalue weighted by atomic mass is 16.6. The second-order valence-corrected chi connectivity index (χ2v) is 5.64. The van der Waals surface area contributed by atoms with Crippen molar-refractivity contribution < 1.29 is 9.31 Å².